The second kappa shape index (κ2) is 12.0. The molecule has 0 atom stereocenters. The van der Waals surface area contributed by atoms with E-state index in [0.29, 0.717) is 6.61 Å². The predicted octanol–water partition coefficient (Wildman–Crippen LogP) is 3.59. The predicted molar refractivity (Wildman–Crippen MR) is 65.0 cm³/mol. The molecule has 0 rings (SSSR count). The van der Waals surface area contributed by atoms with Crippen molar-refractivity contribution in [1.29, 1.82) is 0 Å². The number of carbonyl (C=O) groups excluding carboxylic acids is 1. The van der Waals surface area contributed by atoms with E-state index in [4.69, 9.17) is 11.3 Å². The summed E-state index contributed by atoms with van der Waals surface area (Å²) in [4.78, 5) is 13.8. The zero-order valence-electron chi connectivity index (χ0n) is 10.3. The topological polar surface area (TPSA) is 30.7 Å². The first-order valence-electron chi connectivity index (χ1n) is 6.30. The van der Waals surface area contributed by atoms with Crippen LogP contribution in [-0.2, 0) is 9.53 Å². The number of nitrogens with zero attached hydrogens (tertiary/aromatic N) is 1. The molecule has 92 valence electrons. The first-order chi connectivity index (χ1) is 7.81. The van der Waals surface area contributed by atoms with Gasteiger partial charge in [0, 0.05) is 0 Å². The van der Waals surface area contributed by atoms with Gasteiger partial charge in [0.25, 0.3) is 0 Å². The Bertz CT molecular complexity index is 208. The molecule has 3 nitrogen and oxygen atoms in total. The molecule has 3 heteroatoms. The number of hydrogen-bond donors (Lipinski definition) is 0. The van der Waals surface area contributed by atoms with Gasteiger partial charge in [0.2, 0.25) is 0 Å². The highest BCUT2D eigenvalue weighted by atomic mass is 16.5. The van der Waals surface area contributed by atoms with E-state index >= 15 is 0 Å². The van der Waals surface area contributed by atoms with Crippen LogP contribution in [0.5, 0.6) is 0 Å². The van der Waals surface area contributed by atoms with Gasteiger partial charge in [0.05, 0.1) is 6.61 Å². The molecule has 0 amide bonds. The molecule has 0 unspecified atom stereocenters. The van der Waals surface area contributed by atoms with Gasteiger partial charge in [-0.05, 0) is 6.42 Å². The Morgan fingerprint density at radius 3 is 2.19 bits per heavy atom. The van der Waals surface area contributed by atoms with Gasteiger partial charge in [-0.3, -0.25) is 0 Å². The van der Waals surface area contributed by atoms with Crippen molar-refractivity contribution in [2.45, 2.75) is 58.3 Å². The van der Waals surface area contributed by atoms with E-state index in [1.54, 1.807) is 0 Å². The third-order valence-corrected chi connectivity index (χ3v) is 2.47. The fourth-order valence-corrected chi connectivity index (χ4v) is 1.53. The lowest BCUT2D eigenvalue weighted by molar-refractivity contribution is -0.141. The molecule has 0 aromatic carbocycles. The second-order valence-electron chi connectivity index (χ2n) is 4.01. The molecule has 0 aliphatic heterocycles. The lowest BCUT2D eigenvalue weighted by atomic mass is 10.1. The van der Waals surface area contributed by atoms with E-state index in [-0.39, 0.29) is 6.54 Å². The smallest absolute Gasteiger partial charge is 0.387 e. The minimum atomic E-state index is -0.391. The minimum absolute atomic E-state index is 0.142. The summed E-state index contributed by atoms with van der Waals surface area (Å²) >= 11 is 0. The maximum absolute atomic E-state index is 10.8. The fourth-order valence-electron chi connectivity index (χ4n) is 1.53. The fraction of sp³-hybridized carbons (Fsp3) is 0.846. The summed E-state index contributed by atoms with van der Waals surface area (Å²) in [5.74, 6) is -0.391. The molecular weight excluding hydrogens is 202 g/mol. The van der Waals surface area contributed by atoms with Crippen LogP contribution in [0.3, 0.4) is 0 Å². The van der Waals surface area contributed by atoms with Crippen LogP contribution in [0, 0.1) is 6.57 Å². The summed E-state index contributed by atoms with van der Waals surface area (Å²) in [5, 5.41) is 0. The van der Waals surface area contributed by atoms with Gasteiger partial charge >= 0.3 is 12.5 Å². The number of ether oxygens (including phenoxy) is 1. The summed E-state index contributed by atoms with van der Waals surface area (Å²) in [5.41, 5.74) is 0. The number of rotatable bonds is 10. The first kappa shape index (κ1) is 15.0. The van der Waals surface area contributed by atoms with Crippen molar-refractivity contribution < 1.29 is 9.53 Å². The third kappa shape index (κ3) is 11.0. The molecule has 0 aliphatic carbocycles. The summed E-state index contributed by atoms with van der Waals surface area (Å²) in [6, 6.07) is 0. The summed E-state index contributed by atoms with van der Waals surface area (Å²) in [6.07, 6.45) is 9.86. The largest absolute Gasteiger partial charge is 0.460 e. The van der Waals surface area contributed by atoms with Gasteiger partial charge in [-0.1, -0.05) is 51.9 Å². The number of esters is 1. The average Bonchev–Trinajstić information content (AvgIpc) is 2.27. The van der Waals surface area contributed by atoms with Crippen molar-refractivity contribution in [3.8, 4) is 0 Å². The molecular formula is C13H23NO2. The van der Waals surface area contributed by atoms with Gasteiger partial charge in [-0.25, -0.2) is 11.4 Å². The summed E-state index contributed by atoms with van der Waals surface area (Å²) in [7, 11) is 0. The van der Waals surface area contributed by atoms with Crippen LogP contribution in [0.2, 0.25) is 0 Å². The van der Waals surface area contributed by atoms with E-state index < -0.39 is 5.97 Å². The SMILES string of the molecule is [C-]#[N+]CC(=O)OCCCCCCCCCC. The Hall–Kier alpha value is -1.04. The zero-order chi connectivity index (χ0) is 12.1. The standard InChI is InChI=1S/C13H23NO2/c1-3-4-5-6-7-8-9-10-11-16-13(15)12-14-2/h3-12H2,1H3. The van der Waals surface area contributed by atoms with Crippen LogP contribution in [0.15, 0.2) is 0 Å². The van der Waals surface area contributed by atoms with Crippen molar-refractivity contribution in [3.05, 3.63) is 11.4 Å². The van der Waals surface area contributed by atoms with E-state index in [1.807, 2.05) is 0 Å². The average molecular weight is 225 g/mol. The Balaban J connectivity index is 3.04. The molecule has 16 heavy (non-hydrogen) atoms. The van der Waals surface area contributed by atoms with Gasteiger partial charge < -0.3 is 9.58 Å². The number of unbranched alkanes of at least 4 members (excludes halogenated alkanes) is 7. The maximum Gasteiger partial charge on any atom is 0.387 e. The first-order valence-corrected chi connectivity index (χ1v) is 6.30. The molecule has 0 saturated heterocycles. The molecule has 0 aliphatic rings. The van der Waals surface area contributed by atoms with Crippen LogP contribution in [-0.4, -0.2) is 19.1 Å². The normalized spacial score (nSPS) is 9.75. The van der Waals surface area contributed by atoms with Gasteiger partial charge in [-0.2, -0.15) is 0 Å². The molecule has 0 spiro atoms. The lowest BCUT2D eigenvalue weighted by Crippen LogP contribution is -2.07. The molecule has 0 bridgehead atoms. The minimum Gasteiger partial charge on any atom is -0.460 e. The van der Waals surface area contributed by atoms with Crippen molar-refractivity contribution in [2.24, 2.45) is 0 Å². The molecule has 0 N–H and O–H groups in total. The molecule has 0 saturated carbocycles. The van der Waals surface area contributed by atoms with Crippen LogP contribution >= 0.6 is 0 Å². The van der Waals surface area contributed by atoms with Crippen LogP contribution in [0.1, 0.15) is 58.3 Å². The van der Waals surface area contributed by atoms with Crippen molar-refractivity contribution >= 4 is 5.97 Å². The van der Waals surface area contributed by atoms with Crippen LogP contribution in [0.25, 0.3) is 4.85 Å². The highest BCUT2D eigenvalue weighted by Gasteiger charge is 2.03. The van der Waals surface area contributed by atoms with E-state index in [9.17, 15) is 4.79 Å². The maximum atomic E-state index is 10.8. The Labute approximate surface area is 99.0 Å². The molecule has 0 radical (unpaired) electrons. The van der Waals surface area contributed by atoms with Gasteiger partial charge in [0.1, 0.15) is 0 Å². The van der Waals surface area contributed by atoms with Gasteiger partial charge in [-0.15, -0.1) is 0 Å². The highest BCUT2D eigenvalue weighted by molar-refractivity contribution is 5.73. The van der Waals surface area contributed by atoms with Crippen LogP contribution in [0.4, 0.5) is 0 Å². The Morgan fingerprint density at radius 1 is 1.06 bits per heavy atom. The Kier molecular flexibility index (Phi) is 11.2. The monoisotopic (exact) mass is 225 g/mol. The van der Waals surface area contributed by atoms with Crippen molar-refractivity contribution in [1.82, 2.24) is 0 Å². The highest BCUT2D eigenvalue weighted by Crippen LogP contribution is 2.08. The van der Waals surface area contributed by atoms with E-state index in [2.05, 4.69) is 11.8 Å². The summed E-state index contributed by atoms with van der Waals surface area (Å²) < 4.78 is 4.87. The Morgan fingerprint density at radius 2 is 1.62 bits per heavy atom. The summed E-state index contributed by atoms with van der Waals surface area (Å²) in [6.45, 7) is 9.04. The zero-order valence-corrected chi connectivity index (χ0v) is 10.3. The van der Waals surface area contributed by atoms with E-state index in [1.165, 1.54) is 38.5 Å². The lowest BCUT2D eigenvalue weighted by Gasteiger charge is -2.02. The molecule has 0 fully saturated rings. The second-order valence-corrected chi connectivity index (χ2v) is 4.01. The molecule has 0 heterocycles. The van der Waals surface area contributed by atoms with Gasteiger partial charge in [0.15, 0.2) is 0 Å². The molecule has 0 aromatic heterocycles. The van der Waals surface area contributed by atoms with E-state index in [0.717, 1.165) is 12.8 Å². The number of hydrogen-bond acceptors (Lipinski definition) is 2. The van der Waals surface area contributed by atoms with Crippen molar-refractivity contribution in [3.63, 3.8) is 0 Å². The van der Waals surface area contributed by atoms with Crippen LogP contribution < -0.4 is 0 Å². The quantitative estimate of drug-likeness (QED) is 0.323. The third-order valence-electron chi connectivity index (χ3n) is 2.47. The number of carbonyl (C=O) groups is 1. The molecule has 0 aromatic rings. The van der Waals surface area contributed by atoms with Crippen molar-refractivity contribution in [2.75, 3.05) is 13.2 Å².